The van der Waals surface area contributed by atoms with Crippen LogP contribution in [0, 0.1) is 11.7 Å². The Balaban J connectivity index is 2.61. The Morgan fingerprint density at radius 3 is 2.50 bits per heavy atom. The molecule has 1 atom stereocenters. The molecule has 0 spiro atoms. The highest BCUT2D eigenvalue weighted by molar-refractivity contribution is 5.96. The SMILES string of the molecule is CCC(C)C(=O)NCC(=O)Nc1ccc(F)c(NC(C)=O)c1. The average Bonchev–Trinajstić information content (AvgIpc) is 2.46. The molecule has 22 heavy (non-hydrogen) atoms. The minimum Gasteiger partial charge on any atom is -0.347 e. The summed E-state index contributed by atoms with van der Waals surface area (Å²) in [4.78, 5) is 34.3. The molecule has 0 aliphatic carbocycles. The molecule has 1 aromatic carbocycles. The fourth-order valence-corrected chi connectivity index (χ4v) is 1.62. The second kappa shape index (κ2) is 8.11. The summed E-state index contributed by atoms with van der Waals surface area (Å²) in [5, 5.41) is 7.36. The molecule has 120 valence electrons. The van der Waals surface area contributed by atoms with Crippen LogP contribution in [0.3, 0.4) is 0 Å². The molecule has 0 radical (unpaired) electrons. The molecule has 3 amide bonds. The summed E-state index contributed by atoms with van der Waals surface area (Å²) >= 11 is 0. The quantitative estimate of drug-likeness (QED) is 0.750. The fraction of sp³-hybridized carbons (Fsp3) is 0.400. The first kappa shape index (κ1) is 17.6. The van der Waals surface area contributed by atoms with E-state index in [1.165, 1.54) is 19.1 Å². The topological polar surface area (TPSA) is 87.3 Å². The van der Waals surface area contributed by atoms with Crippen LogP contribution < -0.4 is 16.0 Å². The van der Waals surface area contributed by atoms with E-state index >= 15 is 0 Å². The van der Waals surface area contributed by atoms with Gasteiger partial charge >= 0.3 is 0 Å². The van der Waals surface area contributed by atoms with Gasteiger partial charge < -0.3 is 16.0 Å². The van der Waals surface area contributed by atoms with Gasteiger partial charge in [0.1, 0.15) is 5.82 Å². The molecule has 0 saturated heterocycles. The zero-order valence-electron chi connectivity index (χ0n) is 12.8. The number of anilines is 2. The van der Waals surface area contributed by atoms with Crippen molar-refractivity contribution in [2.75, 3.05) is 17.2 Å². The van der Waals surface area contributed by atoms with Crippen molar-refractivity contribution in [1.82, 2.24) is 5.32 Å². The van der Waals surface area contributed by atoms with Gasteiger partial charge in [-0.25, -0.2) is 4.39 Å². The van der Waals surface area contributed by atoms with Crippen molar-refractivity contribution in [3.63, 3.8) is 0 Å². The predicted octanol–water partition coefficient (Wildman–Crippen LogP) is 1.88. The third-order valence-corrected chi connectivity index (χ3v) is 3.04. The van der Waals surface area contributed by atoms with Crippen molar-refractivity contribution in [2.45, 2.75) is 27.2 Å². The summed E-state index contributed by atoms with van der Waals surface area (Å²) in [5.41, 5.74) is 0.307. The summed E-state index contributed by atoms with van der Waals surface area (Å²) in [6, 6.07) is 3.82. The van der Waals surface area contributed by atoms with E-state index in [-0.39, 0.29) is 24.1 Å². The van der Waals surface area contributed by atoms with Crippen LogP contribution in [0.25, 0.3) is 0 Å². The highest BCUT2D eigenvalue weighted by Crippen LogP contribution is 2.19. The van der Waals surface area contributed by atoms with Gasteiger partial charge in [0.05, 0.1) is 12.2 Å². The largest absolute Gasteiger partial charge is 0.347 e. The van der Waals surface area contributed by atoms with Crippen LogP contribution in [0.5, 0.6) is 0 Å². The lowest BCUT2D eigenvalue weighted by Gasteiger charge is -2.11. The van der Waals surface area contributed by atoms with Crippen LogP contribution in [0.2, 0.25) is 0 Å². The third-order valence-electron chi connectivity index (χ3n) is 3.04. The van der Waals surface area contributed by atoms with Crippen molar-refractivity contribution in [3.8, 4) is 0 Å². The molecule has 0 aromatic heterocycles. The van der Waals surface area contributed by atoms with Crippen LogP contribution in [0.1, 0.15) is 27.2 Å². The number of halogens is 1. The number of benzene rings is 1. The molecule has 0 bridgehead atoms. The number of amides is 3. The van der Waals surface area contributed by atoms with Crippen LogP contribution in [-0.2, 0) is 14.4 Å². The molecule has 1 rings (SSSR count). The smallest absolute Gasteiger partial charge is 0.243 e. The lowest BCUT2D eigenvalue weighted by molar-refractivity contribution is -0.126. The monoisotopic (exact) mass is 309 g/mol. The number of hydrogen-bond acceptors (Lipinski definition) is 3. The van der Waals surface area contributed by atoms with E-state index in [9.17, 15) is 18.8 Å². The Labute approximate surface area is 128 Å². The van der Waals surface area contributed by atoms with E-state index in [4.69, 9.17) is 0 Å². The van der Waals surface area contributed by atoms with E-state index in [0.29, 0.717) is 12.1 Å². The van der Waals surface area contributed by atoms with Gasteiger partial charge in [0.2, 0.25) is 17.7 Å². The number of rotatable bonds is 6. The zero-order valence-corrected chi connectivity index (χ0v) is 12.8. The first-order valence-electron chi connectivity index (χ1n) is 6.98. The molecular weight excluding hydrogens is 289 g/mol. The summed E-state index contributed by atoms with van der Waals surface area (Å²) in [7, 11) is 0. The van der Waals surface area contributed by atoms with Crippen LogP contribution in [-0.4, -0.2) is 24.3 Å². The second-order valence-electron chi connectivity index (χ2n) is 4.95. The molecule has 0 saturated carbocycles. The lowest BCUT2D eigenvalue weighted by Crippen LogP contribution is -2.35. The number of nitrogens with one attached hydrogen (secondary N) is 3. The van der Waals surface area contributed by atoms with Gasteiger partial charge in [0.25, 0.3) is 0 Å². The van der Waals surface area contributed by atoms with E-state index in [1.807, 2.05) is 6.92 Å². The standard InChI is InChI=1S/C15H20FN3O3/c1-4-9(2)15(22)17-8-14(21)19-11-5-6-12(16)13(7-11)18-10(3)20/h5-7,9H,4,8H2,1-3H3,(H,17,22)(H,18,20)(H,19,21). The van der Waals surface area contributed by atoms with Gasteiger partial charge in [-0.3, -0.25) is 14.4 Å². The number of carbonyl (C=O) groups is 3. The maximum Gasteiger partial charge on any atom is 0.243 e. The van der Waals surface area contributed by atoms with Crippen molar-refractivity contribution in [2.24, 2.45) is 5.92 Å². The minimum absolute atomic E-state index is 0.0195. The molecule has 0 aliphatic rings. The molecule has 6 nitrogen and oxygen atoms in total. The summed E-state index contributed by atoms with van der Waals surface area (Å²) < 4.78 is 13.5. The van der Waals surface area contributed by atoms with Gasteiger partial charge in [-0.2, -0.15) is 0 Å². The Morgan fingerprint density at radius 2 is 1.91 bits per heavy atom. The van der Waals surface area contributed by atoms with Gasteiger partial charge in [-0.1, -0.05) is 13.8 Å². The lowest BCUT2D eigenvalue weighted by atomic mass is 10.1. The van der Waals surface area contributed by atoms with Crippen molar-refractivity contribution < 1.29 is 18.8 Å². The maximum atomic E-state index is 13.5. The second-order valence-corrected chi connectivity index (χ2v) is 4.95. The first-order valence-corrected chi connectivity index (χ1v) is 6.98. The highest BCUT2D eigenvalue weighted by atomic mass is 19.1. The number of hydrogen-bond donors (Lipinski definition) is 3. The van der Waals surface area contributed by atoms with Crippen LogP contribution in [0.4, 0.5) is 15.8 Å². The van der Waals surface area contributed by atoms with E-state index in [1.54, 1.807) is 6.92 Å². The highest BCUT2D eigenvalue weighted by Gasteiger charge is 2.12. The van der Waals surface area contributed by atoms with Gasteiger partial charge in [-0.05, 0) is 24.6 Å². The molecule has 0 fully saturated rings. The first-order chi connectivity index (χ1) is 10.3. The van der Waals surface area contributed by atoms with E-state index in [2.05, 4.69) is 16.0 Å². The number of carbonyl (C=O) groups excluding carboxylic acids is 3. The molecule has 1 unspecified atom stereocenters. The van der Waals surface area contributed by atoms with Gasteiger partial charge in [-0.15, -0.1) is 0 Å². The summed E-state index contributed by atoms with van der Waals surface area (Å²) in [6.45, 7) is 4.74. The molecule has 3 N–H and O–H groups in total. The van der Waals surface area contributed by atoms with Gasteiger partial charge in [0.15, 0.2) is 0 Å². The van der Waals surface area contributed by atoms with E-state index in [0.717, 1.165) is 6.07 Å². The molecule has 1 aromatic rings. The average molecular weight is 309 g/mol. The molecule has 7 heteroatoms. The normalized spacial score (nSPS) is 11.5. The Bertz CT molecular complexity index is 575. The fourth-order valence-electron chi connectivity index (χ4n) is 1.62. The summed E-state index contributed by atoms with van der Waals surface area (Å²) in [5.74, 6) is -1.81. The van der Waals surface area contributed by atoms with Crippen molar-refractivity contribution in [1.29, 1.82) is 0 Å². The van der Waals surface area contributed by atoms with Crippen LogP contribution >= 0.6 is 0 Å². The third kappa shape index (κ3) is 5.51. The maximum absolute atomic E-state index is 13.5. The Morgan fingerprint density at radius 1 is 1.23 bits per heavy atom. The zero-order chi connectivity index (χ0) is 16.7. The Kier molecular flexibility index (Phi) is 6.49. The van der Waals surface area contributed by atoms with E-state index < -0.39 is 17.6 Å². The van der Waals surface area contributed by atoms with Crippen molar-refractivity contribution >= 4 is 29.1 Å². The molecular formula is C15H20FN3O3. The molecule has 0 heterocycles. The van der Waals surface area contributed by atoms with Gasteiger partial charge in [0, 0.05) is 18.5 Å². The Hall–Kier alpha value is -2.44. The van der Waals surface area contributed by atoms with Crippen LogP contribution in [0.15, 0.2) is 18.2 Å². The minimum atomic E-state index is -0.599. The predicted molar refractivity (Wildman–Crippen MR) is 81.8 cm³/mol. The van der Waals surface area contributed by atoms with Crippen molar-refractivity contribution in [3.05, 3.63) is 24.0 Å². The molecule has 0 aliphatic heterocycles. The summed E-state index contributed by atoms with van der Waals surface area (Å²) in [6.07, 6.45) is 0.686.